The Balaban J connectivity index is 2.27. The first-order chi connectivity index (χ1) is 7.65. The second-order valence-electron chi connectivity index (χ2n) is 3.67. The molecule has 0 saturated heterocycles. The van der Waals surface area contributed by atoms with Crippen LogP contribution in [0.25, 0.3) is 0 Å². The lowest BCUT2D eigenvalue weighted by molar-refractivity contribution is 0.937. The predicted molar refractivity (Wildman–Crippen MR) is 66.5 cm³/mol. The number of rotatable bonds is 2. The van der Waals surface area contributed by atoms with Gasteiger partial charge in [-0.15, -0.1) is 0 Å². The summed E-state index contributed by atoms with van der Waals surface area (Å²) < 4.78 is 0.459. The zero-order valence-electron chi connectivity index (χ0n) is 8.83. The van der Waals surface area contributed by atoms with Crippen molar-refractivity contribution in [2.45, 2.75) is 13.3 Å². The van der Waals surface area contributed by atoms with Gasteiger partial charge in [-0.2, -0.15) is 0 Å². The number of nitrogens with zero attached hydrogens (tertiary/aromatic N) is 1. The maximum Gasteiger partial charge on any atom is 0.265 e. The van der Waals surface area contributed by atoms with Gasteiger partial charge in [0.1, 0.15) is 10.3 Å². The highest BCUT2D eigenvalue weighted by Gasteiger charge is 2.01. The first kappa shape index (κ1) is 11.1. The molecule has 2 rings (SSSR count). The average molecular weight is 279 g/mol. The van der Waals surface area contributed by atoms with Crippen molar-refractivity contribution < 1.29 is 0 Å². The molecule has 2 aromatic rings. The van der Waals surface area contributed by atoms with Gasteiger partial charge in [0.15, 0.2) is 0 Å². The average Bonchev–Trinajstić information content (AvgIpc) is 2.24. The van der Waals surface area contributed by atoms with E-state index in [1.807, 2.05) is 25.1 Å². The van der Waals surface area contributed by atoms with Gasteiger partial charge in [-0.3, -0.25) is 4.79 Å². The Morgan fingerprint density at radius 1 is 1.44 bits per heavy atom. The van der Waals surface area contributed by atoms with E-state index in [9.17, 15) is 4.79 Å². The second kappa shape index (κ2) is 4.61. The van der Waals surface area contributed by atoms with Gasteiger partial charge >= 0.3 is 0 Å². The van der Waals surface area contributed by atoms with Crippen molar-refractivity contribution in [3.63, 3.8) is 0 Å². The normalized spacial score (nSPS) is 10.4. The summed E-state index contributed by atoms with van der Waals surface area (Å²) in [5.74, 6) is 0.679. The summed E-state index contributed by atoms with van der Waals surface area (Å²) >= 11 is 3.12. The quantitative estimate of drug-likeness (QED) is 0.917. The molecular weight excluding hydrogens is 268 g/mol. The van der Waals surface area contributed by atoms with Crippen molar-refractivity contribution in [2.24, 2.45) is 0 Å². The molecule has 0 unspecified atom stereocenters. The van der Waals surface area contributed by atoms with Crippen LogP contribution in [0, 0.1) is 6.92 Å². The van der Waals surface area contributed by atoms with Crippen LogP contribution in [-0.4, -0.2) is 9.97 Å². The minimum absolute atomic E-state index is 0.141. The molecule has 0 atom stereocenters. The molecule has 0 amide bonds. The standard InChI is InChI=1S/C12H11BrN2O/c1-8-3-2-4-9(5-8)6-11-14-7-10(13)12(16)15-11/h2-5,7H,6H2,1H3,(H,14,15,16). The SMILES string of the molecule is Cc1cccc(Cc2ncc(Br)c(=O)[nH]2)c1. The molecule has 16 heavy (non-hydrogen) atoms. The summed E-state index contributed by atoms with van der Waals surface area (Å²) in [6.45, 7) is 2.04. The zero-order valence-corrected chi connectivity index (χ0v) is 10.4. The van der Waals surface area contributed by atoms with Gasteiger partial charge in [0.2, 0.25) is 0 Å². The van der Waals surface area contributed by atoms with Crippen LogP contribution in [0.3, 0.4) is 0 Å². The summed E-state index contributed by atoms with van der Waals surface area (Å²) in [7, 11) is 0. The number of hydrogen-bond donors (Lipinski definition) is 1. The first-order valence-corrected chi connectivity index (χ1v) is 5.74. The molecule has 0 spiro atoms. The highest BCUT2D eigenvalue weighted by atomic mass is 79.9. The van der Waals surface area contributed by atoms with Crippen molar-refractivity contribution in [2.75, 3.05) is 0 Å². The summed E-state index contributed by atoms with van der Waals surface area (Å²) in [5.41, 5.74) is 2.21. The van der Waals surface area contributed by atoms with Crippen molar-refractivity contribution >= 4 is 15.9 Å². The molecule has 0 aliphatic carbocycles. The molecule has 0 saturated carbocycles. The Morgan fingerprint density at radius 2 is 2.25 bits per heavy atom. The van der Waals surface area contributed by atoms with E-state index in [0.717, 1.165) is 5.56 Å². The van der Waals surface area contributed by atoms with Crippen LogP contribution in [0.5, 0.6) is 0 Å². The van der Waals surface area contributed by atoms with E-state index in [-0.39, 0.29) is 5.56 Å². The Bertz CT molecular complexity index is 563. The van der Waals surface area contributed by atoms with Crippen molar-refractivity contribution in [1.82, 2.24) is 9.97 Å². The Kier molecular flexibility index (Phi) is 3.19. The van der Waals surface area contributed by atoms with Crippen LogP contribution in [0.4, 0.5) is 0 Å². The molecule has 0 aliphatic heterocycles. The number of aryl methyl sites for hydroxylation is 1. The molecule has 3 nitrogen and oxygen atoms in total. The van der Waals surface area contributed by atoms with Crippen LogP contribution in [0.15, 0.2) is 39.7 Å². The molecule has 4 heteroatoms. The minimum Gasteiger partial charge on any atom is -0.309 e. The molecule has 1 heterocycles. The maximum absolute atomic E-state index is 11.4. The number of benzene rings is 1. The van der Waals surface area contributed by atoms with Gasteiger partial charge in [-0.05, 0) is 28.4 Å². The molecule has 0 fully saturated rings. The number of aromatic nitrogens is 2. The van der Waals surface area contributed by atoms with Crippen molar-refractivity contribution in [3.8, 4) is 0 Å². The lowest BCUT2D eigenvalue weighted by Gasteiger charge is -2.02. The Hall–Kier alpha value is -1.42. The number of aromatic amines is 1. The van der Waals surface area contributed by atoms with Gasteiger partial charge in [-0.1, -0.05) is 29.8 Å². The Labute approximate surface area is 102 Å². The smallest absolute Gasteiger partial charge is 0.265 e. The molecular formula is C12H11BrN2O. The van der Waals surface area contributed by atoms with E-state index in [1.54, 1.807) is 0 Å². The van der Waals surface area contributed by atoms with Gasteiger partial charge in [0.05, 0.1) is 0 Å². The van der Waals surface area contributed by atoms with Crippen molar-refractivity contribution in [3.05, 3.63) is 62.2 Å². The number of hydrogen-bond acceptors (Lipinski definition) is 2. The van der Waals surface area contributed by atoms with Gasteiger partial charge < -0.3 is 4.98 Å². The Morgan fingerprint density at radius 3 is 2.94 bits per heavy atom. The van der Waals surface area contributed by atoms with Crippen molar-refractivity contribution in [1.29, 1.82) is 0 Å². The fourth-order valence-electron chi connectivity index (χ4n) is 1.52. The topological polar surface area (TPSA) is 45.8 Å². The number of nitrogens with one attached hydrogen (secondary N) is 1. The van der Waals surface area contributed by atoms with E-state index in [0.29, 0.717) is 16.7 Å². The highest BCUT2D eigenvalue weighted by Crippen LogP contribution is 2.08. The second-order valence-corrected chi connectivity index (χ2v) is 4.53. The fraction of sp³-hybridized carbons (Fsp3) is 0.167. The van der Waals surface area contributed by atoms with E-state index in [2.05, 4.69) is 32.0 Å². The van der Waals surface area contributed by atoms with Crippen LogP contribution >= 0.6 is 15.9 Å². The third-order valence-electron chi connectivity index (χ3n) is 2.26. The molecule has 1 N–H and O–H groups in total. The van der Waals surface area contributed by atoms with E-state index in [1.165, 1.54) is 11.8 Å². The first-order valence-electron chi connectivity index (χ1n) is 4.94. The van der Waals surface area contributed by atoms with E-state index in [4.69, 9.17) is 0 Å². The number of halogens is 1. The van der Waals surface area contributed by atoms with Crippen LogP contribution < -0.4 is 5.56 Å². The largest absolute Gasteiger partial charge is 0.309 e. The summed E-state index contributed by atoms with van der Waals surface area (Å²) in [5, 5.41) is 0. The predicted octanol–water partition coefficient (Wildman–Crippen LogP) is 2.43. The van der Waals surface area contributed by atoms with Crippen LogP contribution in [-0.2, 0) is 6.42 Å². The van der Waals surface area contributed by atoms with Crippen LogP contribution in [0.2, 0.25) is 0 Å². The molecule has 0 radical (unpaired) electrons. The van der Waals surface area contributed by atoms with Gasteiger partial charge in [-0.25, -0.2) is 4.98 Å². The summed E-state index contributed by atoms with van der Waals surface area (Å²) in [4.78, 5) is 18.2. The van der Waals surface area contributed by atoms with Gasteiger partial charge in [0.25, 0.3) is 5.56 Å². The molecule has 1 aromatic heterocycles. The molecule has 0 bridgehead atoms. The minimum atomic E-state index is -0.141. The fourth-order valence-corrected chi connectivity index (χ4v) is 1.72. The lowest BCUT2D eigenvalue weighted by Crippen LogP contribution is -2.11. The zero-order chi connectivity index (χ0) is 11.5. The monoisotopic (exact) mass is 278 g/mol. The summed E-state index contributed by atoms with van der Waals surface area (Å²) in [6.07, 6.45) is 2.17. The van der Waals surface area contributed by atoms with Crippen LogP contribution in [0.1, 0.15) is 17.0 Å². The molecule has 0 aliphatic rings. The number of H-pyrrole nitrogens is 1. The summed E-state index contributed by atoms with van der Waals surface area (Å²) in [6, 6.07) is 8.15. The van der Waals surface area contributed by atoms with E-state index < -0.39 is 0 Å². The molecule has 1 aromatic carbocycles. The van der Waals surface area contributed by atoms with Gasteiger partial charge in [0, 0.05) is 12.6 Å². The lowest BCUT2D eigenvalue weighted by atomic mass is 10.1. The van der Waals surface area contributed by atoms with E-state index >= 15 is 0 Å². The highest BCUT2D eigenvalue weighted by molar-refractivity contribution is 9.10. The molecule has 82 valence electrons. The third-order valence-corrected chi connectivity index (χ3v) is 2.83. The maximum atomic E-state index is 11.4. The third kappa shape index (κ3) is 2.58.